The molecular formula is C18H16N4O7S. The maximum atomic E-state index is 12.8. The summed E-state index contributed by atoms with van der Waals surface area (Å²) in [5, 5.41) is 29.2. The molecule has 0 amide bonds. The number of nitro groups is 1. The highest BCUT2D eigenvalue weighted by molar-refractivity contribution is 7.89. The summed E-state index contributed by atoms with van der Waals surface area (Å²) in [5.41, 5.74) is -0.556. The lowest BCUT2D eigenvalue weighted by Crippen LogP contribution is -2.34. The fourth-order valence-electron chi connectivity index (χ4n) is 2.77. The number of sulfonamides is 1. The number of aromatic nitrogens is 2. The van der Waals surface area contributed by atoms with Crippen LogP contribution in [0.5, 0.6) is 11.5 Å². The van der Waals surface area contributed by atoms with E-state index in [4.69, 9.17) is 9.88 Å². The first-order valence-electron chi connectivity index (χ1n) is 8.23. The minimum absolute atomic E-state index is 0.104. The zero-order valence-electron chi connectivity index (χ0n) is 15.5. The van der Waals surface area contributed by atoms with E-state index in [-0.39, 0.29) is 26.8 Å². The van der Waals surface area contributed by atoms with Crippen LogP contribution in [0.4, 0.5) is 5.69 Å². The van der Waals surface area contributed by atoms with Crippen molar-refractivity contribution in [1.82, 2.24) is 9.78 Å². The fourth-order valence-corrected chi connectivity index (χ4v) is 3.29. The summed E-state index contributed by atoms with van der Waals surface area (Å²) < 4.78 is 28.8. The number of benzene rings is 2. The van der Waals surface area contributed by atoms with Crippen molar-refractivity contribution in [3.05, 3.63) is 73.0 Å². The number of primary sulfonamides is 1. The van der Waals surface area contributed by atoms with Crippen LogP contribution in [-0.2, 0) is 10.0 Å². The second-order valence-corrected chi connectivity index (χ2v) is 7.74. The average Bonchev–Trinajstić information content (AvgIpc) is 2.96. The van der Waals surface area contributed by atoms with E-state index >= 15 is 0 Å². The Morgan fingerprint density at radius 3 is 2.47 bits per heavy atom. The Morgan fingerprint density at radius 2 is 1.93 bits per heavy atom. The molecule has 0 aliphatic carbocycles. The summed E-state index contributed by atoms with van der Waals surface area (Å²) in [6, 6.07) is 7.69. The second-order valence-electron chi connectivity index (χ2n) is 6.18. The zero-order chi connectivity index (χ0) is 22.2. The monoisotopic (exact) mass is 432 g/mol. The van der Waals surface area contributed by atoms with Crippen LogP contribution in [0.3, 0.4) is 0 Å². The number of phenolic OH excluding ortho intramolecular Hbond substituents is 1. The smallest absolute Gasteiger partial charge is 0.315 e. The van der Waals surface area contributed by atoms with Gasteiger partial charge in [0, 0.05) is 6.07 Å². The van der Waals surface area contributed by atoms with Gasteiger partial charge in [0.2, 0.25) is 15.8 Å². The number of nitrogens with two attached hydrogens (primary N) is 1. The van der Waals surface area contributed by atoms with Gasteiger partial charge in [-0.15, -0.1) is 0 Å². The van der Waals surface area contributed by atoms with Crippen LogP contribution in [0.1, 0.15) is 5.56 Å². The first-order chi connectivity index (χ1) is 14.0. The standard InChI is InChI=1S/C18H16N4O7S/c1-10-14(7-11-8-15(22(25)26)17(23)16(9-11)29-2)18(24)21(20-10)12-3-5-13(6-4-12)30(19,27)28/h3-9,20,23H,1H2,2H3,(H2,19,27,28)/b14-7-. The highest BCUT2D eigenvalue weighted by Crippen LogP contribution is 2.36. The molecular weight excluding hydrogens is 416 g/mol. The highest BCUT2D eigenvalue weighted by atomic mass is 32.2. The summed E-state index contributed by atoms with van der Waals surface area (Å²) in [6.45, 7) is 3.76. The average molecular weight is 432 g/mol. The van der Waals surface area contributed by atoms with Crippen LogP contribution in [0.2, 0.25) is 0 Å². The molecule has 30 heavy (non-hydrogen) atoms. The summed E-state index contributed by atoms with van der Waals surface area (Å²) >= 11 is 0. The Kier molecular flexibility index (Phi) is 5.20. The van der Waals surface area contributed by atoms with Gasteiger partial charge in [0.1, 0.15) is 0 Å². The maximum Gasteiger partial charge on any atom is 0.315 e. The van der Waals surface area contributed by atoms with E-state index in [2.05, 4.69) is 11.7 Å². The first kappa shape index (κ1) is 20.8. The number of methoxy groups -OCH3 is 1. The molecule has 156 valence electrons. The van der Waals surface area contributed by atoms with Crippen molar-refractivity contribution < 1.29 is 23.2 Å². The Morgan fingerprint density at radius 1 is 1.30 bits per heavy atom. The lowest BCUT2D eigenvalue weighted by molar-refractivity contribution is -0.386. The SMILES string of the molecule is C=c1[nH]n(-c2ccc(S(N)(=O)=O)cc2)c(=O)/c1=C\c1cc(OC)c(O)c([N+](=O)[O-])c1. The summed E-state index contributed by atoms with van der Waals surface area (Å²) in [4.78, 5) is 23.1. The zero-order valence-corrected chi connectivity index (χ0v) is 16.3. The van der Waals surface area contributed by atoms with Crippen LogP contribution < -0.4 is 26.0 Å². The molecule has 0 aliphatic rings. The topological polar surface area (TPSA) is 171 Å². The Hall–Kier alpha value is -3.90. The number of aromatic hydroxyl groups is 1. The van der Waals surface area contributed by atoms with E-state index in [0.717, 1.165) is 10.7 Å². The largest absolute Gasteiger partial charge is 0.500 e. The van der Waals surface area contributed by atoms with E-state index in [1.807, 2.05) is 0 Å². The molecule has 0 saturated heterocycles. The molecule has 1 aromatic heterocycles. The Bertz CT molecular complexity index is 1420. The molecule has 1 heterocycles. The number of hydrogen-bond acceptors (Lipinski definition) is 7. The van der Waals surface area contributed by atoms with Crippen LogP contribution in [0.15, 0.2) is 46.1 Å². The number of aromatic amines is 1. The molecule has 0 spiro atoms. The normalized spacial score (nSPS) is 12.1. The third-order valence-electron chi connectivity index (χ3n) is 4.23. The maximum absolute atomic E-state index is 12.8. The van der Waals surface area contributed by atoms with Gasteiger partial charge in [0.15, 0.2) is 5.75 Å². The van der Waals surface area contributed by atoms with Gasteiger partial charge < -0.3 is 9.84 Å². The van der Waals surface area contributed by atoms with Crippen molar-refractivity contribution in [2.45, 2.75) is 4.90 Å². The molecule has 0 unspecified atom stereocenters. The van der Waals surface area contributed by atoms with Crippen molar-refractivity contribution in [1.29, 1.82) is 0 Å². The van der Waals surface area contributed by atoms with E-state index in [0.29, 0.717) is 5.69 Å². The molecule has 2 aromatic carbocycles. The number of ether oxygens (including phenoxy) is 1. The molecule has 0 saturated carbocycles. The molecule has 0 aliphatic heterocycles. The number of nitro benzene ring substituents is 1. The molecule has 11 nitrogen and oxygen atoms in total. The van der Waals surface area contributed by atoms with Crippen LogP contribution in [0, 0.1) is 10.1 Å². The van der Waals surface area contributed by atoms with Crippen molar-refractivity contribution in [2.75, 3.05) is 7.11 Å². The Labute approximate surface area is 169 Å². The molecule has 0 fully saturated rings. The number of nitrogens with zero attached hydrogens (tertiary/aromatic N) is 2. The van der Waals surface area contributed by atoms with Crippen molar-refractivity contribution in [2.24, 2.45) is 5.14 Å². The van der Waals surface area contributed by atoms with Crippen molar-refractivity contribution >= 4 is 28.4 Å². The van der Waals surface area contributed by atoms with Gasteiger partial charge in [-0.25, -0.2) is 18.2 Å². The lowest BCUT2D eigenvalue weighted by Gasteiger charge is -2.05. The quantitative estimate of drug-likeness (QED) is 0.366. The van der Waals surface area contributed by atoms with Crippen LogP contribution in [-0.4, -0.2) is 35.3 Å². The predicted octanol–water partition coefficient (Wildman–Crippen LogP) is -0.326. The minimum atomic E-state index is -3.88. The minimum Gasteiger partial charge on any atom is -0.500 e. The summed E-state index contributed by atoms with van der Waals surface area (Å²) in [5.74, 6) is -0.758. The van der Waals surface area contributed by atoms with Crippen molar-refractivity contribution in [3.63, 3.8) is 0 Å². The number of hydrogen-bond donors (Lipinski definition) is 3. The molecule has 3 rings (SSSR count). The van der Waals surface area contributed by atoms with Gasteiger partial charge in [-0.3, -0.25) is 20.0 Å². The van der Waals surface area contributed by atoms with E-state index in [9.17, 15) is 28.4 Å². The Balaban J connectivity index is 2.17. The third kappa shape index (κ3) is 3.81. The van der Waals surface area contributed by atoms with Gasteiger partial charge in [-0.05, 0) is 42.0 Å². The number of rotatable bonds is 5. The second kappa shape index (κ2) is 7.50. The molecule has 12 heteroatoms. The molecule has 0 radical (unpaired) electrons. The number of H-pyrrole nitrogens is 1. The predicted molar refractivity (Wildman–Crippen MR) is 107 cm³/mol. The molecule has 3 aromatic rings. The van der Waals surface area contributed by atoms with Gasteiger partial charge >= 0.3 is 5.69 Å². The molecule has 0 atom stereocenters. The van der Waals surface area contributed by atoms with Crippen LogP contribution >= 0.6 is 0 Å². The van der Waals surface area contributed by atoms with Gasteiger partial charge in [0.05, 0.1) is 33.2 Å². The third-order valence-corrected chi connectivity index (χ3v) is 5.16. The van der Waals surface area contributed by atoms with E-state index < -0.39 is 31.9 Å². The number of nitrogens with one attached hydrogen (secondary N) is 1. The summed E-state index contributed by atoms with van der Waals surface area (Å²) in [7, 11) is -2.64. The summed E-state index contributed by atoms with van der Waals surface area (Å²) in [6.07, 6.45) is 1.35. The van der Waals surface area contributed by atoms with Crippen molar-refractivity contribution in [3.8, 4) is 17.2 Å². The lowest BCUT2D eigenvalue weighted by atomic mass is 10.1. The van der Waals surface area contributed by atoms with E-state index in [1.165, 1.54) is 43.5 Å². The highest BCUT2D eigenvalue weighted by Gasteiger charge is 2.19. The fraction of sp³-hybridized carbons (Fsp3) is 0.0556. The van der Waals surface area contributed by atoms with Gasteiger partial charge in [-0.1, -0.05) is 6.58 Å². The van der Waals surface area contributed by atoms with Crippen LogP contribution in [0.25, 0.3) is 18.3 Å². The number of phenols is 1. The molecule has 4 N–H and O–H groups in total. The van der Waals surface area contributed by atoms with E-state index in [1.54, 1.807) is 0 Å². The first-order valence-corrected chi connectivity index (χ1v) is 9.78. The van der Waals surface area contributed by atoms with Gasteiger partial charge in [0.25, 0.3) is 5.56 Å². The van der Waals surface area contributed by atoms with Gasteiger partial charge in [-0.2, -0.15) is 0 Å². The molecule has 0 bridgehead atoms.